The van der Waals surface area contributed by atoms with Gasteiger partial charge in [-0.1, -0.05) is 0 Å². The molecule has 0 aromatic rings. The molecule has 1 aliphatic heterocycles. The summed E-state index contributed by atoms with van der Waals surface area (Å²) in [6.45, 7) is 1.05. The van der Waals surface area contributed by atoms with E-state index in [0.717, 1.165) is 6.42 Å². The van der Waals surface area contributed by atoms with Crippen LogP contribution in [0.15, 0.2) is 0 Å². The van der Waals surface area contributed by atoms with Gasteiger partial charge in [0, 0.05) is 6.42 Å². The minimum Gasteiger partial charge on any atom is -0.480 e. The molecule has 1 aliphatic rings. The summed E-state index contributed by atoms with van der Waals surface area (Å²) in [4.78, 5) is 59.0. The topological polar surface area (TPSA) is 220 Å². The van der Waals surface area contributed by atoms with E-state index in [2.05, 4.69) is 21.3 Å². The second-order valence-electron chi connectivity index (χ2n) is 7.02. The number of aliphatic hydroxyl groups is 2. The van der Waals surface area contributed by atoms with Gasteiger partial charge in [0.25, 0.3) is 0 Å². The van der Waals surface area contributed by atoms with E-state index in [1.807, 2.05) is 0 Å². The van der Waals surface area contributed by atoms with Crippen LogP contribution in [0.5, 0.6) is 0 Å². The Morgan fingerprint density at radius 3 is 2.20 bits per heavy atom. The Labute approximate surface area is 172 Å². The average Bonchev–Trinajstić information content (AvgIpc) is 3.21. The molecule has 1 fully saturated rings. The number of rotatable bonds is 12. The van der Waals surface area contributed by atoms with E-state index in [1.165, 1.54) is 6.92 Å². The summed E-state index contributed by atoms with van der Waals surface area (Å²) in [6, 6.07) is -4.91. The van der Waals surface area contributed by atoms with Gasteiger partial charge in [-0.15, -0.1) is 0 Å². The van der Waals surface area contributed by atoms with Crippen LogP contribution in [0.25, 0.3) is 0 Å². The third-order valence-corrected chi connectivity index (χ3v) is 4.55. The molecular formula is C17H29N5O8. The van der Waals surface area contributed by atoms with Crippen LogP contribution in [0.4, 0.5) is 0 Å². The van der Waals surface area contributed by atoms with Gasteiger partial charge in [0.05, 0.1) is 18.8 Å². The summed E-state index contributed by atoms with van der Waals surface area (Å²) >= 11 is 0. The SMILES string of the molecule is CC(O)C(NC(=O)C1CCCN1)C(=O)NC(CO)C(=O)NC(CCC(N)=O)C(=O)O. The zero-order valence-electron chi connectivity index (χ0n) is 16.6. The molecule has 4 amide bonds. The van der Waals surface area contributed by atoms with Gasteiger partial charge < -0.3 is 42.3 Å². The smallest absolute Gasteiger partial charge is 0.326 e. The molecule has 9 N–H and O–H groups in total. The number of nitrogens with two attached hydrogens (primary N) is 1. The second-order valence-corrected chi connectivity index (χ2v) is 7.02. The zero-order chi connectivity index (χ0) is 22.8. The molecule has 0 bridgehead atoms. The van der Waals surface area contributed by atoms with Crippen molar-refractivity contribution in [2.24, 2.45) is 5.73 Å². The van der Waals surface area contributed by atoms with Crippen molar-refractivity contribution in [3.63, 3.8) is 0 Å². The lowest BCUT2D eigenvalue weighted by Gasteiger charge is -2.25. The first-order valence-electron chi connectivity index (χ1n) is 9.51. The van der Waals surface area contributed by atoms with Gasteiger partial charge in [0.2, 0.25) is 23.6 Å². The largest absolute Gasteiger partial charge is 0.480 e. The Morgan fingerprint density at radius 1 is 1.10 bits per heavy atom. The van der Waals surface area contributed by atoms with Crippen LogP contribution in [0.2, 0.25) is 0 Å². The molecule has 0 aromatic heterocycles. The number of hydrogen-bond acceptors (Lipinski definition) is 8. The van der Waals surface area contributed by atoms with Gasteiger partial charge >= 0.3 is 5.97 Å². The second kappa shape index (κ2) is 12.0. The van der Waals surface area contributed by atoms with E-state index in [0.29, 0.717) is 13.0 Å². The number of aliphatic carboxylic acids is 1. The van der Waals surface area contributed by atoms with E-state index in [4.69, 9.17) is 10.8 Å². The third kappa shape index (κ3) is 7.93. The number of carboxylic acids is 1. The molecule has 0 spiro atoms. The number of aliphatic hydroxyl groups excluding tert-OH is 2. The molecule has 0 saturated carbocycles. The van der Waals surface area contributed by atoms with Crippen molar-refractivity contribution < 1.29 is 39.3 Å². The van der Waals surface area contributed by atoms with E-state index in [9.17, 15) is 34.2 Å². The number of carbonyl (C=O) groups is 5. The van der Waals surface area contributed by atoms with Gasteiger partial charge in [-0.3, -0.25) is 19.2 Å². The molecule has 0 radical (unpaired) electrons. The summed E-state index contributed by atoms with van der Waals surface area (Å²) < 4.78 is 0. The lowest BCUT2D eigenvalue weighted by molar-refractivity contribution is -0.143. The van der Waals surface area contributed by atoms with E-state index in [-0.39, 0.29) is 12.8 Å². The summed E-state index contributed by atoms with van der Waals surface area (Å²) in [7, 11) is 0. The van der Waals surface area contributed by atoms with Crippen molar-refractivity contribution in [1.82, 2.24) is 21.3 Å². The number of nitrogens with one attached hydrogen (secondary N) is 4. The molecule has 13 nitrogen and oxygen atoms in total. The van der Waals surface area contributed by atoms with Gasteiger partial charge in [0.1, 0.15) is 18.1 Å². The van der Waals surface area contributed by atoms with E-state index in [1.54, 1.807) is 0 Å². The van der Waals surface area contributed by atoms with Crippen molar-refractivity contribution >= 4 is 29.6 Å². The maximum atomic E-state index is 12.5. The van der Waals surface area contributed by atoms with Gasteiger partial charge in [-0.2, -0.15) is 0 Å². The van der Waals surface area contributed by atoms with Crippen LogP contribution in [0.1, 0.15) is 32.6 Å². The molecule has 1 heterocycles. The molecular weight excluding hydrogens is 402 g/mol. The zero-order valence-corrected chi connectivity index (χ0v) is 16.6. The van der Waals surface area contributed by atoms with Crippen LogP contribution in [-0.2, 0) is 24.0 Å². The van der Waals surface area contributed by atoms with Gasteiger partial charge in [0.15, 0.2) is 0 Å². The highest BCUT2D eigenvalue weighted by Gasteiger charge is 2.33. The predicted molar refractivity (Wildman–Crippen MR) is 102 cm³/mol. The summed E-state index contributed by atoms with van der Waals surface area (Å²) in [6.07, 6.45) is -0.511. The highest BCUT2D eigenvalue weighted by molar-refractivity contribution is 5.94. The lowest BCUT2D eigenvalue weighted by atomic mass is 10.1. The van der Waals surface area contributed by atoms with Crippen molar-refractivity contribution in [3.8, 4) is 0 Å². The maximum absolute atomic E-state index is 12.5. The van der Waals surface area contributed by atoms with Crippen LogP contribution in [-0.4, -0.2) is 88.3 Å². The highest BCUT2D eigenvalue weighted by atomic mass is 16.4. The van der Waals surface area contributed by atoms with Crippen LogP contribution < -0.4 is 27.0 Å². The number of carbonyl (C=O) groups excluding carboxylic acids is 4. The summed E-state index contributed by atoms with van der Waals surface area (Å²) in [5.41, 5.74) is 4.97. The summed E-state index contributed by atoms with van der Waals surface area (Å²) in [5, 5.41) is 38.0. The molecule has 30 heavy (non-hydrogen) atoms. The molecule has 0 aliphatic carbocycles. The minimum absolute atomic E-state index is 0.275. The molecule has 5 atom stereocenters. The predicted octanol–water partition coefficient (Wildman–Crippen LogP) is -4.08. The number of carboxylic acid groups (broad SMARTS) is 1. The van der Waals surface area contributed by atoms with Crippen molar-refractivity contribution in [2.75, 3.05) is 13.2 Å². The average molecular weight is 431 g/mol. The number of hydrogen-bond donors (Lipinski definition) is 8. The molecule has 13 heteroatoms. The highest BCUT2D eigenvalue weighted by Crippen LogP contribution is 2.06. The summed E-state index contributed by atoms with van der Waals surface area (Å²) in [5.74, 6) is -4.62. The van der Waals surface area contributed by atoms with E-state index < -0.39 is 66.5 Å². The Bertz CT molecular complexity index is 650. The van der Waals surface area contributed by atoms with Crippen molar-refractivity contribution in [2.45, 2.75) is 62.9 Å². The van der Waals surface area contributed by atoms with Crippen molar-refractivity contribution in [3.05, 3.63) is 0 Å². The van der Waals surface area contributed by atoms with Crippen molar-refractivity contribution in [1.29, 1.82) is 0 Å². The van der Waals surface area contributed by atoms with E-state index >= 15 is 0 Å². The number of primary amides is 1. The first kappa shape index (κ1) is 25.3. The Morgan fingerprint density at radius 2 is 1.73 bits per heavy atom. The fourth-order valence-electron chi connectivity index (χ4n) is 2.84. The molecule has 170 valence electrons. The molecule has 5 unspecified atom stereocenters. The molecule has 1 saturated heterocycles. The van der Waals surface area contributed by atoms with Crippen LogP contribution in [0, 0.1) is 0 Å². The van der Waals surface area contributed by atoms with Crippen LogP contribution in [0.3, 0.4) is 0 Å². The first-order chi connectivity index (χ1) is 14.1. The third-order valence-electron chi connectivity index (χ3n) is 4.55. The maximum Gasteiger partial charge on any atom is 0.326 e. The fourth-order valence-corrected chi connectivity index (χ4v) is 2.84. The van der Waals surface area contributed by atoms with Crippen LogP contribution >= 0.6 is 0 Å². The van der Waals surface area contributed by atoms with Gasteiger partial charge in [-0.05, 0) is 32.7 Å². The Kier molecular flexibility index (Phi) is 10.1. The fraction of sp³-hybridized carbons (Fsp3) is 0.706. The van der Waals surface area contributed by atoms with Gasteiger partial charge in [-0.25, -0.2) is 4.79 Å². The quantitative estimate of drug-likeness (QED) is 0.150. The normalized spacial score (nSPS) is 19.8. The Balaban J connectivity index is 2.74. The monoisotopic (exact) mass is 431 g/mol. The molecule has 0 aromatic carbocycles. The lowest BCUT2D eigenvalue weighted by Crippen LogP contribution is -2.60. The first-order valence-corrected chi connectivity index (χ1v) is 9.51. The Hall–Kier alpha value is -2.77. The minimum atomic E-state index is -1.55. The number of amides is 4. The molecule has 1 rings (SSSR count). The standard InChI is InChI=1S/C17H29N5O8/c1-8(24)13(22-14(26)9-3-2-6-19-9)16(28)21-11(7-23)15(27)20-10(17(29)30)4-5-12(18)25/h8-11,13,19,23-24H,2-7H2,1H3,(H2,18,25)(H,20,27)(H,21,28)(H,22,26)(H,29,30).